The molecule has 1 aliphatic carbocycles. The lowest BCUT2D eigenvalue weighted by Crippen LogP contribution is -2.47. The van der Waals surface area contributed by atoms with Crippen LogP contribution in [0.4, 0.5) is 0 Å². The predicted octanol–water partition coefficient (Wildman–Crippen LogP) is 2.31. The topological polar surface area (TPSA) is 61.5 Å². The van der Waals surface area contributed by atoms with E-state index in [1.54, 1.807) is 0 Å². The minimum atomic E-state index is 0.250. The normalized spacial score (nSPS) is 28.1. The largest absolute Gasteiger partial charge is 0.380 e. The molecule has 4 rings (SSSR count). The third-order valence-electron chi connectivity index (χ3n) is 6.42. The molecule has 2 aliphatic rings. The molecule has 1 N–H and O–H groups in total. The number of ether oxygens (including phenoxy) is 1. The summed E-state index contributed by atoms with van der Waals surface area (Å²) in [4.78, 5) is 25.0. The lowest BCUT2D eigenvalue weighted by molar-refractivity contribution is -0.130. The first-order chi connectivity index (χ1) is 13.0. The van der Waals surface area contributed by atoms with Crippen molar-refractivity contribution in [2.24, 2.45) is 11.8 Å². The van der Waals surface area contributed by atoms with E-state index in [-0.39, 0.29) is 12.0 Å². The maximum absolute atomic E-state index is 12.8. The van der Waals surface area contributed by atoms with E-state index in [4.69, 9.17) is 4.74 Å². The minimum absolute atomic E-state index is 0.250. The summed E-state index contributed by atoms with van der Waals surface area (Å²) in [5.41, 5.74) is 2.00. The predicted molar refractivity (Wildman–Crippen MR) is 105 cm³/mol. The van der Waals surface area contributed by atoms with E-state index < -0.39 is 0 Å². The Kier molecular flexibility index (Phi) is 5.19. The molecule has 6 heteroatoms. The molecule has 1 saturated heterocycles. The van der Waals surface area contributed by atoms with Gasteiger partial charge < -0.3 is 19.5 Å². The maximum Gasteiger partial charge on any atom is 0.223 e. The number of H-pyrrole nitrogens is 1. The minimum Gasteiger partial charge on any atom is -0.380 e. The van der Waals surface area contributed by atoms with Gasteiger partial charge in [-0.25, -0.2) is 4.98 Å². The number of carbonyl (C=O) groups is 1. The molecule has 4 atom stereocenters. The maximum atomic E-state index is 12.8. The number of fused-ring (bicyclic) bond motifs is 2. The zero-order chi connectivity index (χ0) is 19.0. The van der Waals surface area contributed by atoms with Gasteiger partial charge in [0.15, 0.2) is 0 Å². The summed E-state index contributed by atoms with van der Waals surface area (Å²) in [6, 6.07) is 8.44. The van der Waals surface area contributed by atoms with E-state index in [0.717, 1.165) is 42.8 Å². The van der Waals surface area contributed by atoms with Crippen molar-refractivity contribution in [3.8, 4) is 0 Å². The van der Waals surface area contributed by atoms with Crippen molar-refractivity contribution < 1.29 is 9.53 Å². The monoisotopic (exact) mass is 370 g/mol. The molecule has 1 amide bonds. The van der Waals surface area contributed by atoms with E-state index in [2.05, 4.69) is 33.9 Å². The number of aromatic nitrogens is 2. The van der Waals surface area contributed by atoms with Gasteiger partial charge in [-0.15, -0.1) is 0 Å². The van der Waals surface area contributed by atoms with Crippen LogP contribution in [0.2, 0.25) is 0 Å². The average Bonchev–Trinajstić information content (AvgIpc) is 3.27. The van der Waals surface area contributed by atoms with E-state index >= 15 is 0 Å². The molecule has 1 aromatic carbocycles. The number of amides is 1. The second kappa shape index (κ2) is 7.60. The summed E-state index contributed by atoms with van der Waals surface area (Å²) in [7, 11) is 6.07. The number of aryl methyl sites for hydroxylation is 1. The summed E-state index contributed by atoms with van der Waals surface area (Å²) >= 11 is 0. The van der Waals surface area contributed by atoms with Crippen molar-refractivity contribution in [1.29, 1.82) is 0 Å². The van der Waals surface area contributed by atoms with Crippen LogP contribution >= 0.6 is 0 Å². The van der Waals surface area contributed by atoms with Gasteiger partial charge >= 0.3 is 0 Å². The number of imidazole rings is 1. The lowest BCUT2D eigenvalue weighted by Gasteiger charge is -2.40. The molecule has 0 bridgehead atoms. The van der Waals surface area contributed by atoms with Gasteiger partial charge in [0.25, 0.3) is 0 Å². The van der Waals surface area contributed by atoms with E-state index in [0.29, 0.717) is 30.7 Å². The van der Waals surface area contributed by atoms with Crippen LogP contribution in [0.15, 0.2) is 24.3 Å². The zero-order valence-corrected chi connectivity index (χ0v) is 16.5. The SMILES string of the molecule is CO[C@@H]1C[C@H]2CN(C(=O)CCc3nc4ccccc4[nH]3)C[C@H]2C[C@H]1N(C)C. The molecule has 0 radical (unpaired) electrons. The number of methoxy groups -OCH3 is 1. The molecular weight excluding hydrogens is 340 g/mol. The molecule has 2 heterocycles. The van der Waals surface area contributed by atoms with Crippen molar-refractivity contribution in [3.05, 3.63) is 30.1 Å². The molecular formula is C21H30N4O2. The van der Waals surface area contributed by atoms with E-state index in [9.17, 15) is 4.79 Å². The second-order valence-corrected chi connectivity index (χ2v) is 8.30. The molecule has 2 fully saturated rings. The number of para-hydroxylation sites is 2. The van der Waals surface area contributed by atoms with Gasteiger partial charge in [0.05, 0.1) is 17.1 Å². The fraction of sp³-hybridized carbons (Fsp3) is 0.619. The highest BCUT2D eigenvalue weighted by atomic mass is 16.5. The van der Waals surface area contributed by atoms with Crippen molar-refractivity contribution in [2.45, 2.75) is 37.8 Å². The summed E-state index contributed by atoms with van der Waals surface area (Å²) in [6.45, 7) is 1.77. The van der Waals surface area contributed by atoms with Crippen molar-refractivity contribution in [2.75, 3.05) is 34.3 Å². The molecule has 2 aromatic rings. The van der Waals surface area contributed by atoms with Crippen molar-refractivity contribution in [3.63, 3.8) is 0 Å². The van der Waals surface area contributed by atoms with Gasteiger partial charge in [-0.2, -0.15) is 0 Å². The number of hydrogen-bond acceptors (Lipinski definition) is 4. The molecule has 146 valence electrons. The summed E-state index contributed by atoms with van der Waals surface area (Å²) in [5, 5.41) is 0. The number of nitrogens with one attached hydrogen (secondary N) is 1. The molecule has 6 nitrogen and oxygen atoms in total. The lowest BCUT2D eigenvalue weighted by atomic mass is 9.77. The van der Waals surface area contributed by atoms with Gasteiger partial charge in [-0.1, -0.05) is 12.1 Å². The van der Waals surface area contributed by atoms with Crippen LogP contribution in [-0.2, 0) is 16.0 Å². The summed E-state index contributed by atoms with van der Waals surface area (Å²) < 4.78 is 5.75. The van der Waals surface area contributed by atoms with E-state index in [1.807, 2.05) is 31.4 Å². The number of likely N-dealkylation sites (N-methyl/N-ethyl adjacent to an activating group) is 1. The second-order valence-electron chi connectivity index (χ2n) is 8.30. The van der Waals surface area contributed by atoms with Crippen molar-refractivity contribution >= 4 is 16.9 Å². The quantitative estimate of drug-likeness (QED) is 0.877. The van der Waals surface area contributed by atoms with Crippen LogP contribution in [-0.4, -0.2) is 72.1 Å². The Morgan fingerprint density at radius 2 is 2.00 bits per heavy atom. The fourth-order valence-corrected chi connectivity index (χ4v) is 4.90. The summed E-state index contributed by atoms with van der Waals surface area (Å²) in [6.07, 6.45) is 3.62. The van der Waals surface area contributed by atoms with Crippen LogP contribution in [0.25, 0.3) is 11.0 Å². The Morgan fingerprint density at radius 3 is 2.70 bits per heavy atom. The van der Waals surface area contributed by atoms with Crippen LogP contribution < -0.4 is 0 Å². The Bertz CT molecular complexity index is 769. The van der Waals surface area contributed by atoms with Crippen molar-refractivity contribution in [1.82, 2.24) is 19.8 Å². The Labute approximate surface area is 160 Å². The van der Waals surface area contributed by atoms with Gasteiger partial charge in [-0.3, -0.25) is 4.79 Å². The number of carbonyl (C=O) groups excluding carboxylic acids is 1. The number of nitrogens with zero attached hydrogens (tertiary/aromatic N) is 3. The third-order valence-corrected chi connectivity index (χ3v) is 6.42. The van der Waals surface area contributed by atoms with Gasteiger partial charge in [-0.05, 0) is 50.9 Å². The first kappa shape index (κ1) is 18.4. The highest BCUT2D eigenvalue weighted by molar-refractivity contribution is 5.77. The number of aromatic amines is 1. The third kappa shape index (κ3) is 3.73. The number of rotatable bonds is 5. The summed E-state index contributed by atoms with van der Waals surface area (Å²) in [5.74, 6) is 2.31. The molecule has 1 saturated carbocycles. The van der Waals surface area contributed by atoms with Gasteiger partial charge in [0.1, 0.15) is 5.82 Å². The van der Waals surface area contributed by atoms with Crippen LogP contribution in [0, 0.1) is 11.8 Å². The van der Waals surface area contributed by atoms with Crippen LogP contribution in [0.3, 0.4) is 0 Å². The van der Waals surface area contributed by atoms with Gasteiger partial charge in [0, 0.05) is 39.1 Å². The molecule has 0 unspecified atom stereocenters. The van der Waals surface area contributed by atoms with Crippen LogP contribution in [0.1, 0.15) is 25.1 Å². The highest BCUT2D eigenvalue weighted by Crippen LogP contribution is 2.39. The Hall–Kier alpha value is -1.92. The zero-order valence-electron chi connectivity index (χ0n) is 16.5. The first-order valence-electron chi connectivity index (χ1n) is 9.95. The number of benzene rings is 1. The number of likely N-dealkylation sites (tertiary alicyclic amines) is 1. The Morgan fingerprint density at radius 1 is 1.26 bits per heavy atom. The number of hydrogen-bond donors (Lipinski definition) is 1. The molecule has 27 heavy (non-hydrogen) atoms. The molecule has 1 aliphatic heterocycles. The smallest absolute Gasteiger partial charge is 0.223 e. The fourth-order valence-electron chi connectivity index (χ4n) is 4.90. The average molecular weight is 370 g/mol. The standard InChI is InChI=1S/C21H30N4O2/c1-24(2)18-10-14-12-25(13-15(14)11-19(18)27-3)21(26)9-8-20-22-16-6-4-5-7-17(16)23-20/h4-7,14-15,18-19H,8-13H2,1-3H3,(H,22,23)/t14-,15+,18-,19-/m1/s1. The van der Waals surface area contributed by atoms with E-state index in [1.165, 1.54) is 0 Å². The molecule has 0 spiro atoms. The first-order valence-corrected chi connectivity index (χ1v) is 9.95. The highest BCUT2D eigenvalue weighted by Gasteiger charge is 2.44. The van der Waals surface area contributed by atoms with Crippen LogP contribution in [0.5, 0.6) is 0 Å². The molecule has 1 aromatic heterocycles. The Balaban J connectivity index is 1.35. The van der Waals surface area contributed by atoms with Gasteiger partial charge in [0.2, 0.25) is 5.91 Å².